The van der Waals surface area contributed by atoms with E-state index < -0.39 is 6.04 Å². The van der Waals surface area contributed by atoms with Gasteiger partial charge in [0.15, 0.2) is 0 Å². The number of hydrogen-bond donors (Lipinski definition) is 1. The summed E-state index contributed by atoms with van der Waals surface area (Å²) in [5.74, 6) is 1.42. The van der Waals surface area contributed by atoms with Crippen LogP contribution in [0.1, 0.15) is 24.4 Å². The van der Waals surface area contributed by atoms with E-state index in [1.165, 1.54) is 0 Å². The number of ether oxygens (including phenoxy) is 1. The van der Waals surface area contributed by atoms with Crippen LogP contribution in [0.15, 0.2) is 89.1 Å². The van der Waals surface area contributed by atoms with E-state index in [0.29, 0.717) is 39.4 Å². The molecule has 0 fully saturated rings. The topological polar surface area (TPSA) is 80.5 Å². The van der Waals surface area contributed by atoms with Gasteiger partial charge in [-0.3, -0.25) is 4.90 Å². The predicted octanol–water partition coefficient (Wildman–Crippen LogP) is 6.10. The van der Waals surface area contributed by atoms with Crippen LogP contribution in [0.25, 0.3) is 17.0 Å². The van der Waals surface area contributed by atoms with Gasteiger partial charge in [0.1, 0.15) is 5.75 Å². The number of nitrogens with zero attached hydrogens (tertiary/aromatic N) is 3. The third-order valence-corrected chi connectivity index (χ3v) is 5.90. The number of halogens is 1. The third kappa shape index (κ3) is 4.02. The fraction of sp³-hybridized carbons (Fsp3) is 0.115. The van der Waals surface area contributed by atoms with Crippen LogP contribution in [0, 0.1) is 0 Å². The van der Waals surface area contributed by atoms with Gasteiger partial charge in [-0.15, -0.1) is 0 Å². The first-order valence-corrected chi connectivity index (χ1v) is 11.0. The van der Waals surface area contributed by atoms with Crippen LogP contribution < -0.4 is 15.0 Å². The van der Waals surface area contributed by atoms with Crippen molar-refractivity contribution in [3.8, 4) is 17.1 Å². The van der Waals surface area contributed by atoms with Gasteiger partial charge < -0.3 is 14.6 Å². The van der Waals surface area contributed by atoms with E-state index >= 15 is 0 Å². The summed E-state index contributed by atoms with van der Waals surface area (Å²) < 4.78 is 11.1. The van der Waals surface area contributed by atoms with E-state index in [0.717, 1.165) is 11.1 Å². The lowest BCUT2D eigenvalue weighted by Crippen LogP contribution is -2.46. The first-order valence-electron chi connectivity index (χ1n) is 10.7. The predicted molar refractivity (Wildman–Crippen MR) is 131 cm³/mol. The highest BCUT2D eigenvalue weighted by Gasteiger charge is 2.36. The maximum Gasteiger partial charge on any atom is 0.327 e. The van der Waals surface area contributed by atoms with Gasteiger partial charge in [-0.1, -0.05) is 65.3 Å². The number of urea groups is 1. The molecule has 2 amide bonds. The largest absolute Gasteiger partial charge is 0.497 e. The standard InChI is InChI=1S/C26H21ClN4O3/c1-16-22(25-29-24(30-34-25)17-8-4-3-5-9-17)23(18-10-6-11-19(27)14-18)28-26(32)31(16)20-12-7-13-21(15-20)33-2/h3-15,23H,1-2H3,(H,28,32). The number of nitrogens with one attached hydrogen (secondary N) is 1. The first kappa shape index (κ1) is 21.7. The normalized spacial score (nSPS) is 15.9. The molecule has 0 spiro atoms. The monoisotopic (exact) mass is 472 g/mol. The van der Waals surface area contributed by atoms with Gasteiger partial charge in [-0.05, 0) is 36.8 Å². The molecule has 1 aliphatic heterocycles. The van der Waals surface area contributed by atoms with Crippen LogP contribution >= 0.6 is 11.6 Å². The van der Waals surface area contributed by atoms with Gasteiger partial charge in [0, 0.05) is 22.3 Å². The summed E-state index contributed by atoms with van der Waals surface area (Å²) >= 11 is 6.27. The van der Waals surface area contributed by atoms with E-state index in [1.807, 2.05) is 73.7 Å². The summed E-state index contributed by atoms with van der Waals surface area (Å²) in [6.07, 6.45) is 0. The minimum atomic E-state index is -0.530. The summed E-state index contributed by atoms with van der Waals surface area (Å²) in [6.45, 7) is 1.86. The number of amides is 2. The van der Waals surface area contributed by atoms with Crippen molar-refractivity contribution >= 4 is 28.9 Å². The molecule has 7 nitrogen and oxygen atoms in total. The number of aromatic nitrogens is 2. The molecule has 0 saturated heterocycles. The summed E-state index contributed by atoms with van der Waals surface area (Å²) in [6, 6.07) is 23.4. The fourth-order valence-electron chi connectivity index (χ4n) is 4.05. The maximum absolute atomic E-state index is 13.3. The Kier molecular flexibility index (Phi) is 5.77. The molecule has 0 saturated carbocycles. The molecule has 3 aromatic carbocycles. The summed E-state index contributed by atoms with van der Waals surface area (Å²) in [4.78, 5) is 19.6. The maximum atomic E-state index is 13.3. The molecule has 4 aromatic rings. The molecule has 0 bridgehead atoms. The SMILES string of the molecule is COc1cccc(N2C(=O)NC(c3cccc(Cl)c3)C(c3nc(-c4ccccc4)no3)=C2C)c1. The Labute approximate surface area is 201 Å². The Balaban J connectivity index is 1.67. The van der Waals surface area contributed by atoms with E-state index in [9.17, 15) is 4.79 Å². The van der Waals surface area contributed by atoms with E-state index in [4.69, 9.17) is 20.9 Å². The minimum absolute atomic E-state index is 0.290. The quantitative estimate of drug-likeness (QED) is 0.379. The highest BCUT2D eigenvalue weighted by Crippen LogP contribution is 2.40. The van der Waals surface area contributed by atoms with Crippen molar-refractivity contribution in [2.75, 3.05) is 12.0 Å². The second-order valence-corrected chi connectivity index (χ2v) is 8.20. The number of rotatable bonds is 5. The zero-order valence-electron chi connectivity index (χ0n) is 18.5. The highest BCUT2D eigenvalue weighted by molar-refractivity contribution is 6.30. The molecule has 1 aromatic heterocycles. The van der Waals surface area contributed by atoms with Crippen LogP contribution in [0.5, 0.6) is 5.75 Å². The van der Waals surface area contributed by atoms with E-state index in [2.05, 4.69) is 15.5 Å². The zero-order chi connectivity index (χ0) is 23.7. The molecule has 5 rings (SSSR count). The summed E-state index contributed by atoms with van der Waals surface area (Å²) in [7, 11) is 1.59. The van der Waals surface area contributed by atoms with E-state index in [-0.39, 0.29) is 6.03 Å². The van der Waals surface area contributed by atoms with Crippen molar-refractivity contribution in [1.29, 1.82) is 0 Å². The molecule has 34 heavy (non-hydrogen) atoms. The van der Waals surface area contributed by atoms with Crippen LogP contribution in [-0.2, 0) is 0 Å². The van der Waals surface area contributed by atoms with Gasteiger partial charge in [-0.25, -0.2) is 4.79 Å². The number of carbonyl (C=O) groups excluding carboxylic acids is 1. The minimum Gasteiger partial charge on any atom is -0.497 e. The molecule has 1 N–H and O–H groups in total. The van der Waals surface area contributed by atoms with Crippen LogP contribution in [0.2, 0.25) is 5.02 Å². The zero-order valence-corrected chi connectivity index (χ0v) is 19.3. The van der Waals surface area contributed by atoms with Crippen LogP contribution in [0.4, 0.5) is 10.5 Å². The lowest BCUT2D eigenvalue weighted by molar-refractivity contribution is 0.244. The number of hydrogen-bond acceptors (Lipinski definition) is 5. The van der Waals surface area contributed by atoms with Crippen LogP contribution in [0.3, 0.4) is 0 Å². The lowest BCUT2D eigenvalue weighted by Gasteiger charge is -2.35. The molecule has 0 radical (unpaired) electrons. The number of allylic oxidation sites excluding steroid dienone is 1. The molecule has 0 aliphatic carbocycles. The van der Waals surface area contributed by atoms with Crippen molar-refractivity contribution in [2.24, 2.45) is 0 Å². The Morgan fingerprint density at radius 1 is 1.03 bits per heavy atom. The Morgan fingerprint density at radius 3 is 2.59 bits per heavy atom. The van der Waals surface area contributed by atoms with Crippen molar-refractivity contribution in [3.05, 3.63) is 101 Å². The smallest absolute Gasteiger partial charge is 0.327 e. The molecule has 1 unspecified atom stereocenters. The Bertz CT molecular complexity index is 1380. The molecular weight excluding hydrogens is 452 g/mol. The van der Waals surface area contributed by atoms with Crippen molar-refractivity contribution in [1.82, 2.24) is 15.5 Å². The number of carbonyl (C=O) groups is 1. The molecular formula is C26H21ClN4O3. The van der Waals surface area contributed by atoms with E-state index in [1.54, 1.807) is 24.1 Å². The molecule has 2 heterocycles. The second-order valence-electron chi connectivity index (χ2n) is 7.76. The van der Waals surface area contributed by atoms with Gasteiger partial charge >= 0.3 is 6.03 Å². The first-order chi connectivity index (χ1) is 16.5. The van der Waals surface area contributed by atoms with Crippen molar-refractivity contribution in [3.63, 3.8) is 0 Å². The number of anilines is 1. The average Bonchev–Trinajstić information content (AvgIpc) is 3.34. The van der Waals surface area contributed by atoms with Gasteiger partial charge in [0.05, 0.1) is 24.4 Å². The summed E-state index contributed by atoms with van der Waals surface area (Å²) in [5, 5.41) is 7.83. The average molecular weight is 473 g/mol. The molecule has 1 atom stereocenters. The van der Waals surface area contributed by atoms with Crippen molar-refractivity contribution < 1.29 is 14.1 Å². The molecule has 1 aliphatic rings. The second kappa shape index (κ2) is 9.03. The lowest BCUT2D eigenvalue weighted by atomic mass is 9.94. The Hall–Kier alpha value is -4.10. The Morgan fingerprint density at radius 2 is 1.82 bits per heavy atom. The van der Waals surface area contributed by atoms with Crippen LogP contribution in [-0.4, -0.2) is 23.3 Å². The fourth-order valence-corrected chi connectivity index (χ4v) is 4.25. The van der Waals surface area contributed by atoms with Gasteiger partial charge in [0.2, 0.25) is 5.82 Å². The van der Waals surface area contributed by atoms with Gasteiger partial charge in [0.25, 0.3) is 5.89 Å². The molecule has 170 valence electrons. The number of methoxy groups -OCH3 is 1. The molecule has 8 heteroatoms. The highest BCUT2D eigenvalue weighted by atomic mass is 35.5. The number of benzene rings is 3. The third-order valence-electron chi connectivity index (χ3n) is 5.67. The van der Waals surface area contributed by atoms with Crippen molar-refractivity contribution in [2.45, 2.75) is 13.0 Å². The van der Waals surface area contributed by atoms with Gasteiger partial charge in [-0.2, -0.15) is 4.98 Å². The summed E-state index contributed by atoms with van der Waals surface area (Å²) in [5.41, 5.74) is 3.63.